The van der Waals surface area contributed by atoms with Gasteiger partial charge in [-0.25, -0.2) is 14.3 Å². The number of hydrogen-bond donors (Lipinski definition) is 2. The van der Waals surface area contributed by atoms with Gasteiger partial charge < -0.3 is 10.6 Å². The predicted octanol–water partition coefficient (Wildman–Crippen LogP) is 4.53. The molecule has 0 saturated carbocycles. The number of carbonyl (C=O) groups excluding carboxylic acids is 2. The molecule has 0 bridgehead atoms. The Morgan fingerprint density at radius 3 is 2.70 bits per heavy atom. The van der Waals surface area contributed by atoms with Crippen LogP contribution in [0, 0.1) is 6.92 Å². The first kappa shape index (κ1) is 19.8. The first-order valence-corrected chi connectivity index (χ1v) is 10.4. The van der Waals surface area contributed by atoms with Crippen LogP contribution in [-0.2, 0) is 0 Å². The van der Waals surface area contributed by atoms with Crippen molar-refractivity contribution in [2.75, 3.05) is 5.32 Å². The fourth-order valence-electron chi connectivity index (χ4n) is 3.18. The molecule has 4 aromatic rings. The first-order valence-electron chi connectivity index (χ1n) is 9.54. The van der Waals surface area contributed by atoms with E-state index in [1.165, 1.54) is 11.3 Å². The number of anilines is 1. The van der Waals surface area contributed by atoms with Crippen LogP contribution in [0.2, 0.25) is 0 Å². The summed E-state index contributed by atoms with van der Waals surface area (Å²) in [6.45, 7) is 5.69. The molecular formula is C22H21N5O2S. The number of carbonyl (C=O) groups is 2. The lowest BCUT2D eigenvalue weighted by atomic mass is 10.1. The van der Waals surface area contributed by atoms with E-state index in [0.29, 0.717) is 21.8 Å². The molecule has 0 unspecified atom stereocenters. The third-order valence-corrected chi connectivity index (χ3v) is 5.29. The third kappa shape index (κ3) is 3.95. The van der Waals surface area contributed by atoms with Crippen molar-refractivity contribution in [3.05, 3.63) is 70.2 Å². The van der Waals surface area contributed by atoms with Crippen molar-refractivity contribution in [2.24, 2.45) is 0 Å². The Morgan fingerprint density at radius 2 is 1.97 bits per heavy atom. The summed E-state index contributed by atoms with van der Waals surface area (Å²) >= 11 is 1.39. The monoisotopic (exact) mass is 419 g/mol. The number of fused-ring (bicyclic) bond motifs is 1. The second kappa shape index (κ2) is 8.08. The highest BCUT2D eigenvalue weighted by atomic mass is 32.1. The SMILES string of the molecule is Cc1cc(-c2cccc(NC(=O)NC(C)C)c2)n2ncc(C(=O)c3cccs3)c2n1. The van der Waals surface area contributed by atoms with Gasteiger partial charge in [-0.15, -0.1) is 11.3 Å². The number of urea groups is 1. The number of benzene rings is 1. The van der Waals surface area contributed by atoms with E-state index >= 15 is 0 Å². The molecule has 2 amide bonds. The minimum atomic E-state index is -0.263. The fraction of sp³-hybridized carbons (Fsp3) is 0.182. The number of aryl methyl sites for hydroxylation is 1. The molecule has 4 rings (SSSR count). The lowest BCUT2D eigenvalue weighted by molar-refractivity contribution is 0.104. The van der Waals surface area contributed by atoms with Crippen molar-refractivity contribution in [2.45, 2.75) is 26.8 Å². The number of aromatic nitrogens is 3. The zero-order valence-electron chi connectivity index (χ0n) is 16.8. The maximum Gasteiger partial charge on any atom is 0.319 e. The van der Waals surface area contributed by atoms with Crippen molar-refractivity contribution in [3.63, 3.8) is 0 Å². The van der Waals surface area contributed by atoms with Crippen molar-refractivity contribution in [3.8, 4) is 11.3 Å². The second-order valence-electron chi connectivity index (χ2n) is 7.22. The van der Waals surface area contributed by atoms with Gasteiger partial charge in [0, 0.05) is 23.0 Å². The molecule has 0 spiro atoms. The van der Waals surface area contributed by atoms with Crippen LogP contribution in [0.25, 0.3) is 16.9 Å². The van der Waals surface area contributed by atoms with Crippen molar-refractivity contribution in [1.82, 2.24) is 19.9 Å². The van der Waals surface area contributed by atoms with Gasteiger partial charge in [-0.1, -0.05) is 18.2 Å². The lowest BCUT2D eigenvalue weighted by Gasteiger charge is -2.12. The van der Waals surface area contributed by atoms with E-state index in [-0.39, 0.29) is 17.9 Å². The first-order chi connectivity index (χ1) is 14.4. The fourth-order valence-corrected chi connectivity index (χ4v) is 3.85. The molecule has 1 aromatic carbocycles. The van der Waals surface area contributed by atoms with Crippen LogP contribution < -0.4 is 10.6 Å². The highest BCUT2D eigenvalue weighted by Crippen LogP contribution is 2.26. The van der Waals surface area contributed by atoms with Crippen molar-refractivity contribution in [1.29, 1.82) is 0 Å². The summed E-state index contributed by atoms with van der Waals surface area (Å²) in [5.41, 5.74) is 4.05. The summed E-state index contributed by atoms with van der Waals surface area (Å²) in [7, 11) is 0. The van der Waals surface area contributed by atoms with Crippen LogP contribution in [0.15, 0.2) is 54.0 Å². The summed E-state index contributed by atoms with van der Waals surface area (Å²) in [5, 5.41) is 12.0. The van der Waals surface area contributed by atoms with Crippen molar-refractivity contribution >= 4 is 34.5 Å². The minimum Gasteiger partial charge on any atom is -0.336 e. The van der Waals surface area contributed by atoms with Gasteiger partial charge >= 0.3 is 6.03 Å². The molecule has 0 aliphatic heterocycles. The molecule has 30 heavy (non-hydrogen) atoms. The molecule has 152 valence electrons. The lowest BCUT2D eigenvalue weighted by Crippen LogP contribution is -2.34. The largest absolute Gasteiger partial charge is 0.336 e. The molecule has 0 radical (unpaired) electrons. The number of thiophene rings is 1. The normalized spacial score (nSPS) is 11.1. The zero-order valence-corrected chi connectivity index (χ0v) is 17.7. The summed E-state index contributed by atoms with van der Waals surface area (Å²) in [6, 6.07) is 12.8. The van der Waals surface area contributed by atoms with E-state index in [2.05, 4.69) is 20.7 Å². The summed E-state index contributed by atoms with van der Waals surface area (Å²) in [4.78, 5) is 30.1. The van der Waals surface area contributed by atoms with Crippen LogP contribution >= 0.6 is 11.3 Å². The Bertz CT molecular complexity index is 1230. The Balaban J connectivity index is 1.74. The molecule has 3 heterocycles. The van der Waals surface area contributed by atoms with Crippen LogP contribution in [0.3, 0.4) is 0 Å². The van der Waals surface area contributed by atoms with E-state index in [1.54, 1.807) is 16.8 Å². The molecule has 0 aliphatic rings. The zero-order chi connectivity index (χ0) is 21.3. The van der Waals surface area contributed by atoms with Gasteiger partial charge in [-0.05, 0) is 50.4 Å². The summed E-state index contributed by atoms with van der Waals surface area (Å²) in [5.74, 6) is -0.0928. The van der Waals surface area contributed by atoms with Crippen molar-refractivity contribution < 1.29 is 9.59 Å². The van der Waals surface area contributed by atoms with Crippen LogP contribution in [0.1, 0.15) is 34.8 Å². The average molecular weight is 420 g/mol. The van der Waals surface area contributed by atoms with Gasteiger partial charge in [0.25, 0.3) is 0 Å². The highest BCUT2D eigenvalue weighted by molar-refractivity contribution is 7.12. The molecular weight excluding hydrogens is 398 g/mol. The topological polar surface area (TPSA) is 88.4 Å². The number of amides is 2. The van der Waals surface area contributed by atoms with E-state index in [9.17, 15) is 9.59 Å². The van der Waals surface area contributed by atoms with E-state index in [4.69, 9.17) is 0 Å². The quantitative estimate of drug-likeness (QED) is 0.465. The van der Waals surface area contributed by atoms with Gasteiger partial charge in [-0.3, -0.25) is 4.79 Å². The molecule has 0 fully saturated rings. The predicted molar refractivity (Wildman–Crippen MR) is 118 cm³/mol. The molecule has 0 saturated heterocycles. The number of nitrogens with one attached hydrogen (secondary N) is 2. The molecule has 0 aliphatic carbocycles. The van der Waals surface area contributed by atoms with Crippen LogP contribution in [-0.4, -0.2) is 32.5 Å². The molecule has 2 N–H and O–H groups in total. The van der Waals surface area contributed by atoms with E-state index in [1.807, 2.05) is 62.5 Å². The Hall–Kier alpha value is -3.52. The smallest absolute Gasteiger partial charge is 0.319 e. The van der Waals surface area contributed by atoms with Crippen LogP contribution in [0.4, 0.5) is 10.5 Å². The second-order valence-corrected chi connectivity index (χ2v) is 8.16. The standard InChI is InChI=1S/C22H21N5O2S/c1-13(2)24-22(29)26-16-7-4-6-15(11-16)18-10-14(3)25-21-17(12-23-27(18)21)20(28)19-8-5-9-30-19/h4-13H,1-3H3,(H2,24,26,29). The highest BCUT2D eigenvalue weighted by Gasteiger charge is 2.19. The van der Waals surface area contributed by atoms with E-state index in [0.717, 1.165) is 17.0 Å². The summed E-state index contributed by atoms with van der Waals surface area (Å²) in [6.07, 6.45) is 1.56. The van der Waals surface area contributed by atoms with Gasteiger partial charge in [0.1, 0.15) is 0 Å². The molecule has 0 atom stereocenters. The van der Waals surface area contributed by atoms with Crippen LogP contribution in [0.5, 0.6) is 0 Å². The number of nitrogens with zero attached hydrogens (tertiary/aromatic N) is 3. The minimum absolute atomic E-state index is 0.0408. The Labute approximate surface area is 177 Å². The Kier molecular flexibility index (Phi) is 5.33. The van der Waals surface area contributed by atoms with E-state index < -0.39 is 0 Å². The maximum atomic E-state index is 12.9. The molecule has 7 nitrogen and oxygen atoms in total. The Morgan fingerprint density at radius 1 is 1.13 bits per heavy atom. The molecule has 8 heteroatoms. The number of ketones is 1. The van der Waals surface area contributed by atoms with Gasteiger partial charge in [0.15, 0.2) is 5.65 Å². The number of hydrogen-bond acceptors (Lipinski definition) is 5. The number of rotatable bonds is 5. The van der Waals surface area contributed by atoms with Gasteiger partial charge in [0.05, 0.1) is 22.3 Å². The maximum absolute atomic E-state index is 12.9. The third-order valence-electron chi connectivity index (χ3n) is 4.43. The van der Waals surface area contributed by atoms with Gasteiger partial charge in [-0.2, -0.15) is 5.10 Å². The van der Waals surface area contributed by atoms with Gasteiger partial charge in [0.2, 0.25) is 5.78 Å². The summed E-state index contributed by atoms with van der Waals surface area (Å²) < 4.78 is 1.67. The molecule has 3 aromatic heterocycles. The average Bonchev–Trinajstić information content (AvgIpc) is 3.36.